The van der Waals surface area contributed by atoms with E-state index in [1.165, 1.54) is 36.9 Å². The molecule has 3 aliphatic rings. The number of halogens is 1. The molecule has 30 heteroatoms. The average Bonchev–Trinajstić information content (AvgIpc) is 1.68. The number of carbonyl (C=O) groups excluding carboxylic acids is 2. The van der Waals surface area contributed by atoms with E-state index in [1.54, 1.807) is 73.5 Å². The topological polar surface area (TPSA) is 348 Å². The third-order valence-electron chi connectivity index (χ3n) is 16.6. The lowest BCUT2D eigenvalue weighted by molar-refractivity contribution is -0.143. The number of anilines is 3. The van der Waals surface area contributed by atoms with Gasteiger partial charge in [0.2, 0.25) is 0 Å². The molecule has 516 valence electrons. The summed E-state index contributed by atoms with van der Waals surface area (Å²) in [5.41, 5.74) is 14.6. The second-order valence-corrected chi connectivity index (χ2v) is 29.4. The molecular formula is C71H72BrN21O5S3. The maximum Gasteiger partial charge on any atom is 0.309 e. The molecule has 101 heavy (non-hydrogen) atoms. The molecule has 6 unspecified atom stereocenters. The van der Waals surface area contributed by atoms with Crippen molar-refractivity contribution in [3.63, 3.8) is 0 Å². The Kier molecular flexibility index (Phi) is 21.7. The van der Waals surface area contributed by atoms with E-state index >= 15 is 0 Å². The standard InChI is InChI=1S/C24H25N7OS.C23H21N7O2S.C16H14BrN5.C7H8N2O2S.CH4/c1-13(2)28-19-9-20(21-6-5-15-7-14(10-25)11-27-31(15)21)26-12-17(19)23-30-29-22(33-23)16-8-18(16)24(3,4)32;1-12(2)27-18-8-19(20-5-4-14-6-13(9-24)10-26-30(14)20)25-11-17(18)22-29-28-21(33-22)15-7-16(15)23(31)32-3;1-10(2)21-14-6-15(19-9-13(14)17)16-4-3-12-5-11(7-18)8-20-22(12)16;1-11-7(10)5-2-4(5)6-9-8-3-12-6;/h5-7,9,11-13,16,18,32H,8H2,1-4H3,(H,26,28);4-6,8,10-12,15-16H,7H2,1-3H3,(H,25,27);3-6,8-10H,1-2H3,(H,19,21);3-5H,2H2,1H3;1H4. The van der Waals surface area contributed by atoms with E-state index < -0.39 is 5.60 Å². The summed E-state index contributed by atoms with van der Waals surface area (Å²) in [6, 6.07) is 30.1. The van der Waals surface area contributed by atoms with Gasteiger partial charge < -0.3 is 30.5 Å². The SMILES string of the molecule is C.CC(C)Nc1cc(-c2ccc3cc(C#N)cnn23)ncc1-c1nnc(C2CC2C(C)(C)O)s1.CC(C)Nc1cc(-c2ccc3cc(C#N)cnn23)ncc1Br.COC(=O)C1CC1c1nnc(-c2cnc(-c3ccc4cc(C#N)cnn34)cc2NC(C)C)s1.COC(=O)C1CC1c1nncs1. The number of aliphatic hydroxyl groups is 1. The number of nitrogens with one attached hydrogen (secondary N) is 3. The second kappa shape index (κ2) is 30.5. The summed E-state index contributed by atoms with van der Waals surface area (Å²) in [6.45, 7) is 16.2. The van der Waals surface area contributed by atoms with Crippen LogP contribution < -0.4 is 16.0 Å². The fourth-order valence-corrected chi connectivity index (χ4v) is 14.6. The first-order valence-corrected chi connectivity index (χ1v) is 35.4. The number of aromatic nitrogens is 15. The van der Waals surface area contributed by atoms with Crippen LogP contribution in [0.4, 0.5) is 17.1 Å². The first-order chi connectivity index (χ1) is 48.1. The smallest absolute Gasteiger partial charge is 0.309 e. The minimum atomic E-state index is -0.702. The Morgan fingerprint density at radius 1 is 0.554 bits per heavy atom. The summed E-state index contributed by atoms with van der Waals surface area (Å²) in [6.07, 6.45) is 12.6. The molecule has 0 spiro atoms. The number of methoxy groups -OCH3 is 2. The summed E-state index contributed by atoms with van der Waals surface area (Å²) < 4.78 is 15.7. The van der Waals surface area contributed by atoms with Gasteiger partial charge in [0.05, 0.1) is 139 Å². The molecule has 0 aromatic carbocycles. The summed E-state index contributed by atoms with van der Waals surface area (Å²) >= 11 is 8.05. The van der Waals surface area contributed by atoms with Crippen LogP contribution in [0.5, 0.6) is 0 Å². The van der Waals surface area contributed by atoms with Crippen LogP contribution in [0.1, 0.15) is 132 Å². The van der Waals surface area contributed by atoms with Crippen LogP contribution in [0.25, 0.3) is 71.9 Å². The van der Waals surface area contributed by atoms with E-state index in [1.807, 2.05) is 80.7 Å². The van der Waals surface area contributed by atoms with Crippen LogP contribution in [0.2, 0.25) is 0 Å². The second-order valence-electron chi connectivity index (χ2n) is 25.6. The monoisotopic (exact) mass is 1470 g/mol. The Morgan fingerprint density at radius 2 is 0.950 bits per heavy atom. The van der Waals surface area contributed by atoms with E-state index in [0.29, 0.717) is 22.7 Å². The van der Waals surface area contributed by atoms with Crippen molar-refractivity contribution in [2.45, 2.75) is 124 Å². The molecule has 3 aliphatic carbocycles. The third kappa shape index (κ3) is 16.2. The van der Waals surface area contributed by atoms with Crippen LogP contribution in [0, 0.1) is 51.7 Å². The maximum absolute atomic E-state index is 11.8. The van der Waals surface area contributed by atoms with Crippen LogP contribution in [0.15, 0.2) is 120 Å². The van der Waals surface area contributed by atoms with Gasteiger partial charge in [0, 0.05) is 65.8 Å². The number of hydrogen-bond donors (Lipinski definition) is 4. The Bertz CT molecular complexity index is 5130. The Morgan fingerprint density at radius 3 is 1.33 bits per heavy atom. The van der Waals surface area contributed by atoms with Crippen LogP contribution in [-0.2, 0) is 19.1 Å². The van der Waals surface area contributed by atoms with Crippen molar-refractivity contribution in [2.75, 3.05) is 30.2 Å². The van der Waals surface area contributed by atoms with Gasteiger partial charge in [0.1, 0.15) is 38.7 Å². The first-order valence-electron chi connectivity index (χ1n) is 32.1. The summed E-state index contributed by atoms with van der Waals surface area (Å²) in [7, 11) is 2.82. The number of nitriles is 3. The Hall–Kier alpha value is -10.6. The fraction of sp³-hybridized carbons (Fsp3) is 0.338. The number of ether oxygens (including phenoxy) is 2. The molecule has 6 atom stereocenters. The number of hydrogen-bond acceptors (Lipinski definition) is 26. The van der Waals surface area contributed by atoms with Gasteiger partial charge in [-0.15, -0.1) is 41.9 Å². The van der Waals surface area contributed by atoms with Gasteiger partial charge in [-0.25, -0.2) is 13.5 Å². The predicted octanol–water partition coefficient (Wildman–Crippen LogP) is 13.7. The molecule has 26 nitrogen and oxygen atoms in total. The van der Waals surface area contributed by atoms with Crippen molar-refractivity contribution in [2.24, 2.45) is 17.8 Å². The minimum Gasteiger partial charge on any atom is -0.469 e. The molecule has 0 bridgehead atoms. The summed E-state index contributed by atoms with van der Waals surface area (Å²) in [5.74, 6) is 0.420. The van der Waals surface area contributed by atoms with Crippen molar-refractivity contribution in [1.82, 2.24) is 74.4 Å². The van der Waals surface area contributed by atoms with Crippen LogP contribution >= 0.6 is 49.9 Å². The number of nitrogens with zero attached hydrogens (tertiary/aromatic N) is 18. The average molecular weight is 1480 g/mol. The van der Waals surface area contributed by atoms with Crippen LogP contribution in [-0.4, -0.2) is 129 Å². The molecule has 0 amide bonds. The van der Waals surface area contributed by atoms with Crippen molar-refractivity contribution in [3.8, 4) is 73.5 Å². The molecule has 3 fully saturated rings. The molecule has 0 radical (unpaired) electrons. The van der Waals surface area contributed by atoms with Gasteiger partial charge in [-0.1, -0.05) is 30.1 Å². The zero-order valence-electron chi connectivity index (χ0n) is 56.0. The van der Waals surface area contributed by atoms with E-state index in [0.717, 1.165) is 128 Å². The van der Waals surface area contributed by atoms with Gasteiger partial charge in [-0.2, -0.15) is 31.1 Å². The van der Waals surface area contributed by atoms with Gasteiger partial charge in [0.15, 0.2) is 10.0 Å². The molecule has 12 aromatic rings. The molecular weight excluding hydrogens is 1400 g/mol. The largest absolute Gasteiger partial charge is 0.469 e. The molecule has 4 N–H and O–H groups in total. The molecule has 15 rings (SSSR count). The van der Waals surface area contributed by atoms with Crippen molar-refractivity contribution in [1.29, 1.82) is 15.8 Å². The highest BCUT2D eigenvalue weighted by atomic mass is 79.9. The number of fused-ring (bicyclic) bond motifs is 3. The first kappa shape index (κ1) is 71.7. The lowest BCUT2D eigenvalue weighted by Gasteiger charge is -2.16. The number of pyridine rings is 3. The molecule has 12 heterocycles. The van der Waals surface area contributed by atoms with Crippen molar-refractivity contribution < 1.29 is 24.2 Å². The fourth-order valence-electron chi connectivity index (χ4n) is 11.5. The summed E-state index contributed by atoms with van der Waals surface area (Å²) in [5, 5.41) is 90.5. The minimum absolute atomic E-state index is 0. The van der Waals surface area contributed by atoms with Gasteiger partial charge in [0.25, 0.3) is 0 Å². The van der Waals surface area contributed by atoms with Crippen molar-refractivity contribution in [3.05, 3.63) is 152 Å². The number of esters is 2. The van der Waals surface area contributed by atoms with Crippen molar-refractivity contribution >= 4 is 95.5 Å². The van der Waals surface area contributed by atoms with E-state index in [2.05, 4.69) is 152 Å². The highest BCUT2D eigenvalue weighted by Gasteiger charge is 2.50. The highest BCUT2D eigenvalue weighted by molar-refractivity contribution is 9.10. The zero-order valence-corrected chi connectivity index (χ0v) is 60.1. The van der Waals surface area contributed by atoms with Gasteiger partial charge in [-0.3, -0.25) is 24.5 Å². The Labute approximate surface area is 602 Å². The van der Waals surface area contributed by atoms with Crippen LogP contribution in [0.3, 0.4) is 0 Å². The molecule has 12 aromatic heterocycles. The normalized spacial score (nSPS) is 17.0. The quantitative estimate of drug-likeness (QED) is 0.0615. The number of rotatable bonds is 17. The highest BCUT2D eigenvalue weighted by Crippen LogP contribution is 2.55. The predicted molar refractivity (Wildman–Crippen MR) is 391 cm³/mol. The zero-order chi connectivity index (χ0) is 70.7. The molecule has 0 aliphatic heterocycles. The van der Waals surface area contributed by atoms with E-state index in [-0.39, 0.29) is 67.0 Å². The lowest BCUT2D eigenvalue weighted by Crippen LogP contribution is -2.22. The van der Waals surface area contributed by atoms with E-state index in [9.17, 15) is 14.7 Å². The third-order valence-corrected chi connectivity index (χ3v) is 20.3. The Balaban J connectivity index is 0.000000142. The van der Waals surface area contributed by atoms with Gasteiger partial charge >= 0.3 is 11.9 Å². The van der Waals surface area contributed by atoms with Gasteiger partial charge in [-0.05, 0) is 169 Å². The lowest BCUT2D eigenvalue weighted by atomic mass is 10.0. The maximum atomic E-state index is 11.8. The molecule has 0 saturated heterocycles. The van der Waals surface area contributed by atoms with E-state index in [4.69, 9.17) is 25.5 Å². The number of carbonyl (C=O) groups is 2. The molecule has 3 saturated carbocycles. The summed E-state index contributed by atoms with van der Waals surface area (Å²) in [4.78, 5) is 36.7.